The topological polar surface area (TPSA) is 63.6 Å². The number of aromatic nitrogens is 4. The molecule has 0 saturated heterocycles. The average Bonchev–Trinajstić information content (AvgIpc) is 2.79. The second-order valence-electron chi connectivity index (χ2n) is 5.39. The predicted molar refractivity (Wildman–Crippen MR) is 78.2 cm³/mol. The highest BCUT2D eigenvalue weighted by atomic mass is 79.9. The van der Waals surface area contributed by atoms with Crippen molar-refractivity contribution in [3.8, 4) is 11.5 Å². The zero-order chi connectivity index (χ0) is 14.2. The molecule has 0 radical (unpaired) electrons. The number of H-pyrrole nitrogens is 1. The van der Waals surface area contributed by atoms with Crippen molar-refractivity contribution in [2.45, 2.75) is 39.7 Å². The molecule has 0 saturated carbocycles. The maximum absolute atomic E-state index is 12.0. The third kappa shape index (κ3) is 2.63. The highest BCUT2D eigenvalue weighted by molar-refractivity contribution is 9.10. The van der Waals surface area contributed by atoms with Crippen molar-refractivity contribution in [1.82, 2.24) is 19.5 Å². The van der Waals surface area contributed by atoms with Crippen LogP contribution >= 0.6 is 15.9 Å². The van der Waals surface area contributed by atoms with Crippen LogP contribution in [0.2, 0.25) is 0 Å². The van der Waals surface area contributed by atoms with E-state index < -0.39 is 0 Å². The Bertz CT molecular complexity index is 651. The minimum absolute atomic E-state index is 0.168. The molecule has 0 bridgehead atoms. The summed E-state index contributed by atoms with van der Waals surface area (Å²) in [5.74, 6) is 0.553. The van der Waals surface area contributed by atoms with E-state index in [4.69, 9.17) is 0 Å². The minimum Gasteiger partial charge on any atom is -0.328 e. The first-order valence-electron chi connectivity index (χ1n) is 6.15. The van der Waals surface area contributed by atoms with E-state index in [-0.39, 0.29) is 11.0 Å². The molecule has 2 aromatic rings. The van der Waals surface area contributed by atoms with Crippen molar-refractivity contribution in [3.63, 3.8) is 0 Å². The molecule has 0 aliphatic heterocycles. The quantitative estimate of drug-likeness (QED) is 0.923. The normalized spacial score (nSPS) is 11.8. The van der Waals surface area contributed by atoms with Crippen LogP contribution in [-0.4, -0.2) is 19.5 Å². The Labute approximate surface area is 120 Å². The van der Waals surface area contributed by atoms with Crippen molar-refractivity contribution in [3.05, 3.63) is 33.0 Å². The van der Waals surface area contributed by atoms with Gasteiger partial charge in [-0.15, -0.1) is 0 Å². The zero-order valence-corrected chi connectivity index (χ0v) is 13.1. The van der Waals surface area contributed by atoms with Crippen molar-refractivity contribution < 1.29 is 0 Å². The Kier molecular flexibility index (Phi) is 3.62. The van der Waals surface area contributed by atoms with Crippen LogP contribution in [0.1, 0.15) is 33.4 Å². The summed E-state index contributed by atoms with van der Waals surface area (Å²) in [5, 5.41) is 0. The number of imidazole rings is 1. The summed E-state index contributed by atoms with van der Waals surface area (Å²) in [4.78, 5) is 23.5. The summed E-state index contributed by atoms with van der Waals surface area (Å²) in [6.45, 7) is 8.88. The Morgan fingerprint density at radius 1 is 1.42 bits per heavy atom. The van der Waals surface area contributed by atoms with Crippen LogP contribution in [0, 0.1) is 0 Å². The average molecular weight is 325 g/mol. The van der Waals surface area contributed by atoms with E-state index in [9.17, 15) is 4.79 Å². The van der Waals surface area contributed by atoms with E-state index in [1.165, 1.54) is 0 Å². The molecule has 5 nitrogen and oxygen atoms in total. The van der Waals surface area contributed by atoms with Crippen molar-refractivity contribution in [1.29, 1.82) is 0 Å². The zero-order valence-electron chi connectivity index (χ0n) is 11.5. The molecule has 0 aliphatic rings. The van der Waals surface area contributed by atoms with Crippen LogP contribution in [0.25, 0.3) is 11.5 Å². The molecule has 0 aliphatic carbocycles. The van der Waals surface area contributed by atoms with Gasteiger partial charge in [-0.25, -0.2) is 9.97 Å². The minimum atomic E-state index is -0.209. The predicted octanol–water partition coefficient (Wildman–Crippen LogP) is 2.71. The lowest BCUT2D eigenvalue weighted by molar-refractivity contribution is 0.562. The lowest BCUT2D eigenvalue weighted by Gasteiger charge is -2.19. The molecule has 19 heavy (non-hydrogen) atoms. The lowest BCUT2D eigenvalue weighted by atomic mass is 9.92. The van der Waals surface area contributed by atoms with Gasteiger partial charge in [0.15, 0.2) is 5.82 Å². The molecule has 6 heteroatoms. The highest BCUT2D eigenvalue weighted by Gasteiger charge is 2.23. The van der Waals surface area contributed by atoms with Crippen molar-refractivity contribution in [2.75, 3.05) is 0 Å². The number of hydrogen-bond acceptors (Lipinski definition) is 3. The van der Waals surface area contributed by atoms with Crippen LogP contribution < -0.4 is 5.56 Å². The smallest absolute Gasteiger partial charge is 0.265 e. The number of hydrogen-bond donors (Lipinski definition) is 1. The fourth-order valence-corrected chi connectivity index (χ4v) is 2.63. The van der Waals surface area contributed by atoms with E-state index in [1.807, 2.05) is 32.3 Å². The largest absolute Gasteiger partial charge is 0.328 e. The van der Waals surface area contributed by atoms with E-state index in [2.05, 4.69) is 30.9 Å². The Hall–Kier alpha value is -1.43. The Morgan fingerprint density at radius 2 is 2.11 bits per heavy atom. The molecule has 0 unspecified atom stereocenters. The summed E-state index contributed by atoms with van der Waals surface area (Å²) < 4.78 is 2.44. The molecule has 0 amide bonds. The fraction of sp³-hybridized carbons (Fsp3) is 0.462. The molecule has 102 valence electrons. The van der Waals surface area contributed by atoms with Crippen LogP contribution in [0.15, 0.2) is 21.8 Å². The molecule has 1 N–H and O–H groups in total. The van der Waals surface area contributed by atoms with Gasteiger partial charge in [0.1, 0.15) is 10.2 Å². The van der Waals surface area contributed by atoms with Crippen LogP contribution in [0.5, 0.6) is 0 Å². The monoisotopic (exact) mass is 324 g/mol. The molecular weight excluding hydrogens is 308 g/mol. The summed E-state index contributed by atoms with van der Waals surface area (Å²) in [6.07, 6.45) is 3.44. The molecule has 0 spiro atoms. The maximum Gasteiger partial charge on any atom is 0.265 e. The van der Waals surface area contributed by atoms with Gasteiger partial charge in [0, 0.05) is 12.0 Å². The van der Waals surface area contributed by atoms with Gasteiger partial charge in [0.2, 0.25) is 0 Å². The fourth-order valence-electron chi connectivity index (χ4n) is 1.85. The van der Waals surface area contributed by atoms with E-state index >= 15 is 0 Å². The van der Waals surface area contributed by atoms with Crippen LogP contribution in [0.3, 0.4) is 0 Å². The van der Waals surface area contributed by atoms with Gasteiger partial charge < -0.3 is 9.55 Å². The van der Waals surface area contributed by atoms with Crippen molar-refractivity contribution in [2.24, 2.45) is 0 Å². The molecule has 0 atom stereocenters. The number of halogens is 1. The molecule has 2 heterocycles. The van der Waals surface area contributed by atoms with E-state index in [1.54, 1.807) is 12.5 Å². The first-order valence-corrected chi connectivity index (χ1v) is 6.94. The third-order valence-electron chi connectivity index (χ3n) is 2.87. The molecular formula is C13H17BrN4O. The van der Waals surface area contributed by atoms with Crippen LogP contribution in [0.4, 0.5) is 0 Å². The van der Waals surface area contributed by atoms with Gasteiger partial charge in [-0.3, -0.25) is 4.79 Å². The van der Waals surface area contributed by atoms with Crippen LogP contribution in [-0.2, 0) is 12.0 Å². The van der Waals surface area contributed by atoms with Gasteiger partial charge in [0.25, 0.3) is 5.56 Å². The van der Waals surface area contributed by atoms with Gasteiger partial charge in [-0.05, 0) is 22.9 Å². The second kappa shape index (κ2) is 4.92. The van der Waals surface area contributed by atoms with Gasteiger partial charge >= 0.3 is 0 Å². The Balaban J connectivity index is 2.67. The third-order valence-corrected chi connectivity index (χ3v) is 3.60. The van der Waals surface area contributed by atoms with Gasteiger partial charge in [-0.2, -0.15) is 0 Å². The molecule has 2 aromatic heterocycles. The van der Waals surface area contributed by atoms with Gasteiger partial charge in [-0.1, -0.05) is 20.8 Å². The summed E-state index contributed by atoms with van der Waals surface area (Å²) >= 11 is 3.32. The van der Waals surface area contributed by atoms with E-state index in [0.29, 0.717) is 10.3 Å². The maximum atomic E-state index is 12.0. The summed E-state index contributed by atoms with van der Waals surface area (Å²) in [7, 11) is 0. The summed E-state index contributed by atoms with van der Waals surface area (Å²) in [6, 6.07) is 0. The number of rotatable bonds is 2. The number of aromatic amines is 1. The number of aryl methyl sites for hydroxylation is 1. The SMILES string of the molecule is CCn1cncc1-c1nc(C(C)(C)C)c(Br)c(=O)[nH]1. The second-order valence-corrected chi connectivity index (χ2v) is 6.19. The molecule has 0 aromatic carbocycles. The van der Waals surface area contributed by atoms with E-state index in [0.717, 1.165) is 17.9 Å². The Morgan fingerprint density at radius 3 is 2.68 bits per heavy atom. The van der Waals surface area contributed by atoms with Crippen molar-refractivity contribution >= 4 is 15.9 Å². The highest BCUT2D eigenvalue weighted by Crippen LogP contribution is 2.27. The number of nitrogens with one attached hydrogen (secondary N) is 1. The molecule has 2 rings (SSSR count). The summed E-state index contributed by atoms with van der Waals surface area (Å²) in [5.41, 5.74) is 1.19. The standard InChI is InChI=1S/C13H17BrN4O/c1-5-18-7-15-6-8(18)11-16-10(13(2,3)4)9(14)12(19)17-11/h6-7H,5H2,1-4H3,(H,16,17,19). The first-order chi connectivity index (χ1) is 8.84. The van der Waals surface area contributed by atoms with Gasteiger partial charge in [0.05, 0.1) is 18.2 Å². The number of nitrogens with zero attached hydrogens (tertiary/aromatic N) is 3. The molecule has 0 fully saturated rings. The first kappa shape index (κ1) is 14.0. The lowest BCUT2D eigenvalue weighted by Crippen LogP contribution is -2.22.